The van der Waals surface area contributed by atoms with Crippen molar-refractivity contribution in [3.63, 3.8) is 0 Å². The first kappa shape index (κ1) is 20.1. The quantitative estimate of drug-likeness (QED) is 0.499. The molecule has 1 amide bonds. The van der Waals surface area contributed by atoms with Crippen molar-refractivity contribution in [3.05, 3.63) is 75.6 Å². The lowest BCUT2D eigenvalue weighted by molar-refractivity contribution is 0.0529. The number of ether oxygens (including phenoxy) is 1. The number of hydrogen-bond acceptors (Lipinski definition) is 4. The van der Waals surface area contributed by atoms with Crippen molar-refractivity contribution >= 4 is 39.8 Å². The van der Waals surface area contributed by atoms with Gasteiger partial charge in [0.05, 0.1) is 6.61 Å². The van der Waals surface area contributed by atoms with E-state index in [1.165, 1.54) is 16.9 Å². The van der Waals surface area contributed by atoms with E-state index in [4.69, 9.17) is 16.3 Å². The number of halogens is 1. The average Bonchev–Trinajstić information content (AvgIpc) is 3.11. The van der Waals surface area contributed by atoms with Crippen LogP contribution < -0.4 is 5.32 Å². The van der Waals surface area contributed by atoms with Crippen LogP contribution in [0.25, 0.3) is 11.1 Å². The summed E-state index contributed by atoms with van der Waals surface area (Å²) in [6.45, 7) is 4.10. The van der Waals surface area contributed by atoms with Crippen LogP contribution in [-0.2, 0) is 11.2 Å². The highest BCUT2D eigenvalue weighted by molar-refractivity contribution is 7.15. The van der Waals surface area contributed by atoms with E-state index in [9.17, 15) is 9.59 Å². The highest BCUT2D eigenvalue weighted by Crippen LogP contribution is 2.36. The minimum atomic E-state index is -0.459. The van der Waals surface area contributed by atoms with E-state index in [1.54, 1.807) is 31.2 Å². The molecule has 0 aliphatic rings. The van der Waals surface area contributed by atoms with E-state index < -0.39 is 5.97 Å². The van der Waals surface area contributed by atoms with Crippen LogP contribution in [0.4, 0.5) is 5.00 Å². The third-order valence-corrected chi connectivity index (χ3v) is 5.39. The van der Waals surface area contributed by atoms with Gasteiger partial charge in [-0.05, 0) is 42.7 Å². The molecule has 1 N–H and O–H groups in total. The summed E-state index contributed by atoms with van der Waals surface area (Å²) in [6, 6.07) is 14.7. The highest BCUT2D eigenvalue weighted by Gasteiger charge is 2.23. The van der Waals surface area contributed by atoms with Gasteiger partial charge in [-0.2, -0.15) is 0 Å². The molecular formula is C22H20ClNO3S. The molecule has 4 nitrogen and oxygen atoms in total. The van der Waals surface area contributed by atoms with Crippen molar-refractivity contribution in [1.29, 1.82) is 0 Å². The Morgan fingerprint density at radius 1 is 1.11 bits per heavy atom. The van der Waals surface area contributed by atoms with Crippen LogP contribution in [0.2, 0.25) is 5.02 Å². The van der Waals surface area contributed by atoms with Gasteiger partial charge < -0.3 is 10.1 Å². The van der Waals surface area contributed by atoms with Crippen molar-refractivity contribution < 1.29 is 14.3 Å². The van der Waals surface area contributed by atoms with Crippen molar-refractivity contribution in [1.82, 2.24) is 0 Å². The molecule has 1 heterocycles. The lowest BCUT2D eigenvalue weighted by Gasteiger charge is -2.09. The molecule has 0 saturated carbocycles. The van der Waals surface area contributed by atoms with Crippen LogP contribution in [0.3, 0.4) is 0 Å². The van der Waals surface area contributed by atoms with Gasteiger partial charge in [0.1, 0.15) is 10.6 Å². The number of carbonyl (C=O) groups is 2. The Kier molecular flexibility index (Phi) is 6.49. The first-order chi connectivity index (χ1) is 13.5. The van der Waals surface area contributed by atoms with Gasteiger partial charge in [0.2, 0.25) is 0 Å². The molecule has 144 valence electrons. The molecule has 0 fully saturated rings. The normalized spacial score (nSPS) is 10.5. The number of hydrogen-bond donors (Lipinski definition) is 1. The third kappa shape index (κ3) is 4.43. The largest absolute Gasteiger partial charge is 0.462 e. The predicted octanol–water partition coefficient (Wildman–Crippen LogP) is 6.06. The zero-order valence-corrected chi connectivity index (χ0v) is 17.2. The monoisotopic (exact) mass is 413 g/mol. The van der Waals surface area contributed by atoms with E-state index in [2.05, 4.69) is 12.2 Å². The molecule has 0 radical (unpaired) electrons. The molecule has 3 rings (SSSR count). The standard InChI is InChI=1S/C22H20ClNO3S/c1-3-14-8-10-15(11-9-14)18-13-28-21(19(18)22(26)27-4-2)24-20(25)16-6-5-7-17(23)12-16/h5-13H,3-4H2,1-2H3,(H,24,25). The summed E-state index contributed by atoms with van der Waals surface area (Å²) < 4.78 is 5.24. The molecule has 1 aromatic heterocycles. The van der Waals surface area contributed by atoms with Gasteiger partial charge in [0, 0.05) is 21.5 Å². The number of aryl methyl sites for hydroxylation is 1. The van der Waals surface area contributed by atoms with E-state index in [0.29, 0.717) is 21.2 Å². The average molecular weight is 414 g/mol. The smallest absolute Gasteiger partial charge is 0.341 e. The summed E-state index contributed by atoms with van der Waals surface area (Å²) >= 11 is 7.27. The first-order valence-electron chi connectivity index (χ1n) is 8.98. The fourth-order valence-electron chi connectivity index (χ4n) is 2.79. The van der Waals surface area contributed by atoms with Gasteiger partial charge in [-0.25, -0.2) is 4.79 Å². The van der Waals surface area contributed by atoms with Gasteiger partial charge in [-0.15, -0.1) is 11.3 Å². The second kappa shape index (κ2) is 9.04. The highest BCUT2D eigenvalue weighted by atomic mass is 35.5. The summed E-state index contributed by atoms with van der Waals surface area (Å²) in [6.07, 6.45) is 0.940. The Morgan fingerprint density at radius 3 is 2.50 bits per heavy atom. The van der Waals surface area contributed by atoms with Crippen molar-refractivity contribution in [2.24, 2.45) is 0 Å². The molecule has 28 heavy (non-hydrogen) atoms. The van der Waals surface area contributed by atoms with Crippen LogP contribution in [-0.4, -0.2) is 18.5 Å². The zero-order valence-electron chi connectivity index (χ0n) is 15.6. The molecular weight excluding hydrogens is 394 g/mol. The van der Waals surface area contributed by atoms with Gasteiger partial charge >= 0.3 is 5.97 Å². The number of thiophene rings is 1. The maximum Gasteiger partial charge on any atom is 0.341 e. The number of carbonyl (C=O) groups excluding carboxylic acids is 2. The Hall–Kier alpha value is -2.63. The Balaban J connectivity index is 1.97. The summed E-state index contributed by atoms with van der Waals surface area (Å²) in [4.78, 5) is 25.2. The summed E-state index contributed by atoms with van der Waals surface area (Å²) in [7, 11) is 0. The molecule has 0 aliphatic carbocycles. The second-order valence-electron chi connectivity index (χ2n) is 6.09. The number of rotatable bonds is 6. The summed E-state index contributed by atoms with van der Waals surface area (Å²) in [5, 5.41) is 5.62. The SMILES string of the molecule is CCOC(=O)c1c(-c2ccc(CC)cc2)csc1NC(=O)c1cccc(Cl)c1. The van der Waals surface area contributed by atoms with E-state index in [-0.39, 0.29) is 12.5 Å². The number of benzene rings is 2. The zero-order chi connectivity index (χ0) is 20.1. The molecule has 0 atom stereocenters. The van der Waals surface area contributed by atoms with Gasteiger partial charge in [-0.3, -0.25) is 4.79 Å². The molecule has 3 aromatic rings. The van der Waals surface area contributed by atoms with Crippen LogP contribution in [0, 0.1) is 0 Å². The predicted molar refractivity (Wildman–Crippen MR) is 114 cm³/mol. The maximum atomic E-state index is 12.6. The lowest BCUT2D eigenvalue weighted by Crippen LogP contribution is -2.14. The molecule has 0 aliphatic heterocycles. The molecule has 0 spiro atoms. The van der Waals surface area contributed by atoms with E-state index >= 15 is 0 Å². The van der Waals surface area contributed by atoms with Crippen molar-refractivity contribution in [3.8, 4) is 11.1 Å². The van der Waals surface area contributed by atoms with Crippen LogP contribution in [0.1, 0.15) is 40.1 Å². The van der Waals surface area contributed by atoms with Crippen molar-refractivity contribution in [2.45, 2.75) is 20.3 Å². The minimum absolute atomic E-state index is 0.255. The fraction of sp³-hybridized carbons (Fsp3) is 0.182. The third-order valence-electron chi connectivity index (χ3n) is 4.26. The van der Waals surface area contributed by atoms with Crippen molar-refractivity contribution in [2.75, 3.05) is 11.9 Å². The Bertz CT molecular complexity index is 995. The van der Waals surface area contributed by atoms with E-state index in [0.717, 1.165) is 17.5 Å². The first-order valence-corrected chi connectivity index (χ1v) is 10.2. The van der Waals surface area contributed by atoms with Crippen LogP contribution in [0.15, 0.2) is 53.9 Å². The van der Waals surface area contributed by atoms with Gasteiger partial charge in [0.15, 0.2) is 0 Å². The van der Waals surface area contributed by atoms with Crippen LogP contribution >= 0.6 is 22.9 Å². The lowest BCUT2D eigenvalue weighted by atomic mass is 10.0. The number of nitrogens with one attached hydrogen (secondary N) is 1. The minimum Gasteiger partial charge on any atom is -0.462 e. The molecule has 0 bridgehead atoms. The second-order valence-corrected chi connectivity index (χ2v) is 7.41. The fourth-order valence-corrected chi connectivity index (χ4v) is 3.94. The topological polar surface area (TPSA) is 55.4 Å². The molecule has 0 saturated heterocycles. The number of anilines is 1. The number of esters is 1. The Labute approximate surface area is 173 Å². The van der Waals surface area contributed by atoms with Gasteiger partial charge in [0.25, 0.3) is 5.91 Å². The Morgan fingerprint density at radius 2 is 1.86 bits per heavy atom. The summed E-state index contributed by atoms with van der Waals surface area (Å²) in [5.41, 5.74) is 3.65. The molecule has 6 heteroatoms. The maximum absolute atomic E-state index is 12.6. The molecule has 2 aromatic carbocycles. The summed E-state index contributed by atoms with van der Waals surface area (Å²) in [5.74, 6) is -0.789. The van der Waals surface area contributed by atoms with Gasteiger partial charge in [-0.1, -0.05) is 48.9 Å². The molecule has 0 unspecified atom stereocenters. The van der Waals surface area contributed by atoms with E-state index in [1.807, 2.05) is 29.6 Å². The van der Waals surface area contributed by atoms with Crippen LogP contribution in [0.5, 0.6) is 0 Å². The number of amides is 1.